The van der Waals surface area contributed by atoms with Crippen LogP contribution in [0.2, 0.25) is 0 Å². The van der Waals surface area contributed by atoms with Crippen molar-refractivity contribution in [1.82, 2.24) is 0 Å². The van der Waals surface area contributed by atoms with E-state index in [-0.39, 0.29) is 10.8 Å². The third kappa shape index (κ3) is 9.11. The first-order chi connectivity index (χ1) is 47.4. The molecule has 18 rings (SSSR count). The van der Waals surface area contributed by atoms with Gasteiger partial charge in [0.2, 0.25) is 0 Å². The van der Waals surface area contributed by atoms with Crippen LogP contribution in [0.3, 0.4) is 0 Å². The molecule has 16 aromatic rings. The van der Waals surface area contributed by atoms with Crippen molar-refractivity contribution in [2.45, 2.75) is 57.8 Å². The van der Waals surface area contributed by atoms with Crippen LogP contribution < -0.4 is 9.80 Å². The van der Waals surface area contributed by atoms with Crippen molar-refractivity contribution in [2.75, 3.05) is 9.80 Å². The molecule has 464 valence electrons. The van der Waals surface area contributed by atoms with Crippen LogP contribution in [0.5, 0.6) is 0 Å². The highest BCUT2D eigenvalue weighted by Gasteiger charge is 2.55. The molecule has 2 aliphatic rings. The topological polar surface area (TPSA) is 32.8 Å². The van der Waals surface area contributed by atoms with Gasteiger partial charge in [-0.25, -0.2) is 0 Å². The highest BCUT2D eigenvalue weighted by Crippen LogP contribution is 2.68. The molecule has 4 nitrogen and oxygen atoms in total. The highest BCUT2D eigenvalue weighted by molar-refractivity contribution is 6.26. The van der Waals surface area contributed by atoms with Crippen molar-refractivity contribution in [3.8, 4) is 66.8 Å². The van der Waals surface area contributed by atoms with Crippen molar-refractivity contribution in [1.29, 1.82) is 0 Å². The van der Waals surface area contributed by atoms with Crippen LogP contribution in [0.25, 0.3) is 111 Å². The average molecular weight is 1250 g/mol. The summed E-state index contributed by atoms with van der Waals surface area (Å²) in [5, 5.41) is 4.12. The third-order valence-corrected chi connectivity index (χ3v) is 20.6. The van der Waals surface area contributed by atoms with E-state index in [4.69, 9.17) is 8.83 Å². The Hall–Kier alpha value is -11.7. The second-order valence-electron chi connectivity index (χ2n) is 28.3. The molecule has 0 amide bonds. The summed E-state index contributed by atoms with van der Waals surface area (Å²) in [5.41, 5.74) is 28.9. The Balaban J connectivity index is 1.03. The van der Waals surface area contributed by atoms with Crippen LogP contribution in [0, 0.1) is 0 Å². The molecule has 4 heteroatoms. The van der Waals surface area contributed by atoms with E-state index in [0.29, 0.717) is 0 Å². The Morgan fingerprint density at radius 3 is 1.12 bits per heavy atom. The average Bonchev–Trinajstić information content (AvgIpc) is 1.49. The summed E-state index contributed by atoms with van der Waals surface area (Å²) >= 11 is 0. The van der Waals surface area contributed by atoms with Crippen LogP contribution in [-0.2, 0) is 16.2 Å². The quantitative estimate of drug-likeness (QED) is 0.137. The van der Waals surface area contributed by atoms with Crippen molar-refractivity contribution in [3.63, 3.8) is 0 Å². The molecule has 0 bridgehead atoms. The molecule has 0 saturated heterocycles. The number of hydrogen-bond donors (Lipinski definition) is 0. The summed E-state index contributed by atoms with van der Waals surface area (Å²) in [7, 11) is 0. The predicted octanol–water partition coefficient (Wildman–Crippen LogP) is 26.0. The molecule has 0 saturated carbocycles. The van der Waals surface area contributed by atoms with E-state index >= 15 is 0 Å². The van der Waals surface area contributed by atoms with Crippen LogP contribution in [0.4, 0.5) is 34.1 Å². The van der Waals surface area contributed by atoms with Gasteiger partial charge < -0.3 is 18.6 Å². The lowest BCUT2D eigenvalue weighted by atomic mass is 9.70. The lowest BCUT2D eigenvalue weighted by Gasteiger charge is -2.34. The zero-order valence-corrected chi connectivity index (χ0v) is 55.2. The van der Waals surface area contributed by atoms with Gasteiger partial charge in [0.1, 0.15) is 16.7 Å². The minimum Gasteiger partial charge on any atom is -0.455 e. The minimum absolute atomic E-state index is 0.0878. The Bertz CT molecular complexity index is 5710. The summed E-state index contributed by atoms with van der Waals surface area (Å²) in [6.07, 6.45) is 0. The summed E-state index contributed by atoms with van der Waals surface area (Å²) in [5.74, 6) is 0. The molecule has 0 atom stereocenters. The van der Waals surface area contributed by atoms with E-state index in [1.54, 1.807) is 0 Å². The fraction of sp³-hybridized carbons (Fsp3) is 0.0968. The van der Waals surface area contributed by atoms with Crippen molar-refractivity contribution < 1.29 is 8.83 Å². The number of rotatable bonds is 10. The highest BCUT2D eigenvalue weighted by atomic mass is 16.3. The predicted molar refractivity (Wildman–Crippen MR) is 406 cm³/mol. The van der Waals surface area contributed by atoms with Gasteiger partial charge in [0, 0.05) is 49.8 Å². The summed E-state index contributed by atoms with van der Waals surface area (Å²) in [6.45, 7) is 13.8. The first kappa shape index (κ1) is 57.9. The van der Waals surface area contributed by atoms with Crippen molar-refractivity contribution in [2.24, 2.45) is 0 Å². The van der Waals surface area contributed by atoms with E-state index in [1.807, 2.05) is 0 Å². The third-order valence-electron chi connectivity index (χ3n) is 20.6. The van der Waals surface area contributed by atoms with Crippen LogP contribution in [0.15, 0.2) is 324 Å². The molecule has 2 aromatic heterocycles. The summed E-state index contributed by atoms with van der Waals surface area (Å²) < 4.78 is 15.5. The molecule has 1 spiro atoms. The van der Waals surface area contributed by atoms with Gasteiger partial charge in [-0.1, -0.05) is 296 Å². The van der Waals surface area contributed by atoms with E-state index in [1.165, 1.54) is 33.4 Å². The van der Waals surface area contributed by atoms with E-state index < -0.39 is 5.41 Å². The molecule has 97 heavy (non-hydrogen) atoms. The molecular formula is C93H70N2O2. The number of furan rings is 2. The number of fused-ring (bicyclic) bond motifs is 18. The zero-order valence-electron chi connectivity index (χ0n) is 55.2. The van der Waals surface area contributed by atoms with Gasteiger partial charge >= 0.3 is 0 Å². The molecular weight excluding hydrogens is 1180 g/mol. The molecule has 0 fully saturated rings. The maximum absolute atomic E-state index is 7.81. The molecule has 2 heterocycles. The van der Waals surface area contributed by atoms with Gasteiger partial charge in [0.15, 0.2) is 5.58 Å². The number of nitrogens with zero attached hydrogens (tertiary/aromatic N) is 2. The van der Waals surface area contributed by atoms with Crippen LogP contribution >= 0.6 is 0 Å². The second-order valence-corrected chi connectivity index (χ2v) is 28.3. The zero-order chi connectivity index (χ0) is 65.3. The van der Waals surface area contributed by atoms with E-state index in [2.05, 4.69) is 367 Å². The molecule has 0 radical (unpaired) electrons. The lowest BCUT2D eigenvalue weighted by Crippen LogP contribution is -2.27. The van der Waals surface area contributed by atoms with Gasteiger partial charge in [-0.2, -0.15) is 0 Å². The second kappa shape index (κ2) is 22.2. The molecule has 0 aliphatic heterocycles. The van der Waals surface area contributed by atoms with Gasteiger partial charge in [0.05, 0.1) is 33.6 Å². The maximum Gasteiger partial charge on any atom is 0.160 e. The molecule has 0 N–H and O–H groups in total. The number of hydrogen-bond acceptors (Lipinski definition) is 4. The van der Waals surface area contributed by atoms with Crippen LogP contribution in [-0.4, -0.2) is 0 Å². The number of benzene rings is 14. The Labute approximate surface area is 566 Å². The van der Waals surface area contributed by atoms with Gasteiger partial charge in [0.25, 0.3) is 0 Å². The molecule has 2 aliphatic carbocycles. The molecule has 14 aromatic carbocycles. The Morgan fingerprint density at radius 1 is 0.268 bits per heavy atom. The Morgan fingerprint density at radius 2 is 0.649 bits per heavy atom. The largest absolute Gasteiger partial charge is 0.455 e. The smallest absolute Gasteiger partial charge is 0.160 e. The van der Waals surface area contributed by atoms with E-state index in [0.717, 1.165) is 145 Å². The maximum atomic E-state index is 7.81. The monoisotopic (exact) mass is 1250 g/mol. The van der Waals surface area contributed by atoms with Gasteiger partial charge in [-0.05, 0) is 149 Å². The minimum atomic E-state index is -0.924. The normalized spacial score (nSPS) is 12.9. The lowest BCUT2D eigenvalue weighted by molar-refractivity contribution is 0.590. The SMILES string of the molecule is CC(C)(C)c1ccc(N(c2cc(-c3ccccc3)ccc2-c2ccccc2)c2cc3c(c4c2oc2ccccc24)-c2c(cc(N(c4ccc(C(C)(C)C)cc4)c4cc(-c5ccccc5)ccc4-c4ccccc4)c4c2oc2ccccc24)C32c3ccccc3-c3ccccc32)cc1. The Kier molecular flexibility index (Phi) is 13.3. The van der Waals surface area contributed by atoms with E-state index in [9.17, 15) is 0 Å². The first-order valence-electron chi connectivity index (χ1n) is 33.9. The standard InChI is InChI=1S/C93H70N2O2/c1-91(2,3)65-45-49-67(50-46-65)94(79-55-63(59-27-11-7-12-28-59)43-53-69(79)61-31-15-9-16-32-61)81-57-78-88(90-85(81)73-37-21-25-41-83(73)97-90)87-77(93(78)75-39-23-19-35-71(75)72-36-20-24-40-76(72)93)58-82(89-86(87)74-38-22-26-42-84(74)96-89)95(68-51-47-66(48-52-68)92(4,5)6)80-56-64(60-29-13-8-14-30-60)44-54-70(80)62-33-17-10-18-34-62/h7-58H,1-6H3. The summed E-state index contributed by atoms with van der Waals surface area (Å²) in [6, 6.07) is 117. The first-order valence-corrected chi connectivity index (χ1v) is 33.9. The van der Waals surface area contributed by atoms with Gasteiger partial charge in [-0.3, -0.25) is 0 Å². The summed E-state index contributed by atoms with van der Waals surface area (Å²) in [4.78, 5) is 5.06. The van der Waals surface area contributed by atoms with Crippen LogP contribution in [0.1, 0.15) is 74.9 Å². The fourth-order valence-electron chi connectivity index (χ4n) is 16.0. The number of anilines is 6. The van der Waals surface area contributed by atoms with Gasteiger partial charge in [-0.15, -0.1) is 0 Å². The van der Waals surface area contributed by atoms with Crippen molar-refractivity contribution in [3.05, 3.63) is 349 Å². The molecule has 0 unspecified atom stereocenters. The van der Waals surface area contributed by atoms with Crippen molar-refractivity contribution >= 4 is 78.0 Å². The number of para-hydroxylation sites is 2. The fourth-order valence-corrected chi connectivity index (χ4v) is 16.0.